The maximum Gasteiger partial charge on any atom is 0.227 e. The van der Waals surface area contributed by atoms with Crippen LogP contribution in [0.25, 0.3) is 0 Å². The van der Waals surface area contributed by atoms with Gasteiger partial charge in [-0.05, 0) is 18.9 Å². The normalized spacial score (nSPS) is 17.5. The minimum absolute atomic E-state index is 0.266. The fourth-order valence-electron chi connectivity index (χ4n) is 2.58. The Morgan fingerprint density at radius 2 is 2.05 bits per heavy atom. The summed E-state index contributed by atoms with van der Waals surface area (Å²) in [6, 6.07) is 2.53. The lowest BCUT2D eigenvalue weighted by Gasteiger charge is -2.36. The molecule has 5 heteroatoms. The van der Waals surface area contributed by atoms with Gasteiger partial charge in [0.1, 0.15) is 0 Å². The molecule has 2 heterocycles. The quantitative estimate of drug-likeness (QED) is 0.912. The van der Waals surface area contributed by atoms with Crippen LogP contribution in [0.2, 0.25) is 0 Å². The fraction of sp³-hybridized carbons (Fsp3) is 0.733. The van der Waals surface area contributed by atoms with Crippen LogP contribution >= 0.6 is 0 Å². The number of amides is 1. The highest BCUT2D eigenvalue weighted by molar-refractivity contribution is 5.81. The lowest BCUT2D eigenvalue weighted by Crippen LogP contribution is -2.48. The number of carbonyl (C=O) groups excluding carboxylic acids is 1. The molecule has 0 aromatic carbocycles. The summed E-state index contributed by atoms with van der Waals surface area (Å²) in [5.41, 5.74) is 0.924. The van der Waals surface area contributed by atoms with Gasteiger partial charge in [0.05, 0.1) is 5.69 Å². The summed E-state index contributed by atoms with van der Waals surface area (Å²) in [6.07, 6.45) is 3.88. The van der Waals surface area contributed by atoms with E-state index < -0.39 is 0 Å². The van der Waals surface area contributed by atoms with E-state index in [1.807, 2.05) is 49.7 Å². The predicted molar refractivity (Wildman–Crippen MR) is 79.1 cm³/mol. The molecule has 0 unspecified atom stereocenters. The SMILES string of the molecule is Cn1nccc1CNC1CCN(C(=O)C(C)(C)C)CC1. The van der Waals surface area contributed by atoms with Crippen molar-refractivity contribution in [2.75, 3.05) is 13.1 Å². The maximum atomic E-state index is 12.2. The summed E-state index contributed by atoms with van der Waals surface area (Å²) >= 11 is 0. The van der Waals surface area contributed by atoms with Gasteiger partial charge in [-0.15, -0.1) is 0 Å². The molecule has 1 saturated heterocycles. The Hall–Kier alpha value is -1.36. The molecule has 1 aromatic rings. The Morgan fingerprint density at radius 1 is 1.40 bits per heavy atom. The van der Waals surface area contributed by atoms with Gasteiger partial charge in [0.25, 0.3) is 0 Å². The Morgan fingerprint density at radius 3 is 2.55 bits per heavy atom. The number of aromatic nitrogens is 2. The molecule has 5 nitrogen and oxygen atoms in total. The zero-order valence-electron chi connectivity index (χ0n) is 13.0. The Bertz CT molecular complexity index is 453. The van der Waals surface area contributed by atoms with Crippen LogP contribution < -0.4 is 5.32 Å². The van der Waals surface area contributed by atoms with Crippen LogP contribution in [-0.4, -0.2) is 39.7 Å². The van der Waals surface area contributed by atoms with E-state index in [-0.39, 0.29) is 11.3 Å². The summed E-state index contributed by atoms with van der Waals surface area (Å²) in [5.74, 6) is 0.266. The minimum Gasteiger partial charge on any atom is -0.342 e. The molecular weight excluding hydrogens is 252 g/mol. The number of hydrogen-bond acceptors (Lipinski definition) is 3. The van der Waals surface area contributed by atoms with Crippen LogP contribution in [0, 0.1) is 5.41 Å². The van der Waals surface area contributed by atoms with Crippen molar-refractivity contribution in [3.05, 3.63) is 18.0 Å². The summed E-state index contributed by atoms with van der Waals surface area (Å²) in [4.78, 5) is 14.2. The zero-order valence-corrected chi connectivity index (χ0v) is 13.0. The molecule has 0 aliphatic carbocycles. The molecule has 1 aliphatic rings. The van der Waals surface area contributed by atoms with Gasteiger partial charge in [-0.2, -0.15) is 5.10 Å². The largest absolute Gasteiger partial charge is 0.342 e. The average Bonchev–Trinajstić information content (AvgIpc) is 2.81. The van der Waals surface area contributed by atoms with Crippen LogP contribution in [0.1, 0.15) is 39.3 Å². The first-order chi connectivity index (χ1) is 9.38. The van der Waals surface area contributed by atoms with E-state index in [1.165, 1.54) is 5.69 Å². The van der Waals surface area contributed by atoms with Crippen molar-refractivity contribution in [2.24, 2.45) is 12.5 Å². The highest BCUT2D eigenvalue weighted by atomic mass is 16.2. The maximum absolute atomic E-state index is 12.2. The van der Waals surface area contributed by atoms with Gasteiger partial charge in [0.15, 0.2) is 0 Å². The summed E-state index contributed by atoms with van der Waals surface area (Å²) < 4.78 is 1.89. The van der Waals surface area contributed by atoms with Gasteiger partial charge in [0, 0.05) is 44.3 Å². The van der Waals surface area contributed by atoms with Crippen LogP contribution in [0.5, 0.6) is 0 Å². The van der Waals surface area contributed by atoms with Gasteiger partial charge in [0.2, 0.25) is 5.91 Å². The molecule has 0 atom stereocenters. The number of piperidine rings is 1. The van der Waals surface area contributed by atoms with Gasteiger partial charge in [-0.25, -0.2) is 0 Å². The van der Waals surface area contributed by atoms with Crippen LogP contribution in [0.4, 0.5) is 0 Å². The third-order valence-electron chi connectivity index (χ3n) is 3.92. The standard InChI is InChI=1S/C15H26N4O/c1-15(2,3)14(20)19-9-6-12(7-10-19)16-11-13-5-8-17-18(13)4/h5,8,12,16H,6-7,9-11H2,1-4H3. The van der Waals surface area contributed by atoms with Crippen molar-refractivity contribution in [2.45, 2.75) is 46.2 Å². The summed E-state index contributed by atoms with van der Waals surface area (Å²) in [7, 11) is 1.96. The molecule has 1 aromatic heterocycles. The highest BCUT2D eigenvalue weighted by Gasteiger charge is 2.30. The molecule has 112 valence electrons. The number of aryl methyl sites for hydroxylation is 1. The second-order valence-corrected chi connectivity index (χ2v) is 6.64. The van der Waals surface area contributed by atoms with Crippen LogP contribution in [-0.2, 0) is 18.4 Å². The first kappa shape index (κ1) is 15.0. The Kier molecular flexibility index (Phi) is 4.48. The zero-order chi connectivity index (χ0) is 14.8. The monoisotopic (exact) mass is 278 g/mol. The number of likely N-dealkylation sites (tertiary alicyclic amines) is 1. The molecule has 0 spiro atoms. The van der Waals surface area contributed by atoms with E-state index in [0.717, 1.165) is 32.5 Å². The van der Waals surface area contributed by atoms with Crippen molar-refractivity contribution in [3.8, 4) is 0 Å². The lowest BCUT2D eigenvalue weighted by molar-refractivity contribution is -0.140. The van der Waals surface area contributed by atoms with Crippen LogP contribution in [0.15, 0.2) is 12.3 Å². The number of nitrogens with one attached hydrogen (secondary N) is 1. The first-order valence-electron chi connectivity index (χ1n) is 7.37. The number of hydrogen-bond donors (Lipinski definition) is 1. The molecule has 20 heavy (non-hydrogen) atoms. The Labute approximate surface area is 121 Å². The number of rotatable bonds is 3. The molecule has 2 rings (SSSR count). The molecule has 1 aliphatic heterocycles. The lowest BCUT2D eigenvalue weighted by atomic mass is 9.93. The second-order valence-electron chi connectivity index (χ2n) is 6.64. The van der Waals surface area contributed by atoms with Gasteiger partial charge < -0.3 is 10.2 Å². The number of carbonyl (C=O) groups is 1. The molecule has 0 saturated carbocycles. The predicted octanol–water partition coefficient (Wildman–Crippen LogP) is 1.55. The smallest absolute Gasteiger partial charge is 0.227 e. The van der Waals surface area contributed by atoms with Crippen molar-refractivity contribution < 1.29 is 4.79 Å². The summed E-state index contributed by atoms with van der Waals surface area (Å²) in [6.45, 7) is 8.53. The molecule has 0 radical (unpaired) electrons. The minimum atomic E-state index is -0.269. The van der Waals surface area contributed by atoms with E-state index in [4.69, 9.17) is 0 Å². The van der Waals surface area contributed by atoms with Crippen molar-refractivity contribution in [3.63, 3.8) is 0 Å². The number of nitrogens with zero attached hydrogens (tertiary/aromatic N) is 3. The van der Waals surface area contributed by atoms with E-state index in [2.05, 4.69) is 10.4 Å². The van der Waals surface area contributed by atoms with Gasteiger partial charge in [-0.3, -0.25) is 9.48 Å². The third kappa shape index (κ3) is 3.60. The molecule has 0 bridgehead atoms. The summed E-state index contributed by atoms with van der Waals surface area (Å²) in [5, 5.41) is 7.73. The fourth-order valence-corrected chi connectivity index (χ4v) is 2.58. The molecule has 1 N–H and O–H groups in total. The van der Waals surface area contributed by atoms with Crippen molar-refractivity contribution >= 4 is 5.91 Å². The highest BCUT2D eigenvalue weighted by Crippen LogP contribution is 2.21. The second kappa shape index (κ2) is 5.95. The van der Waals surface area contributed by atoms with E-state index in [1.54, 1.807) is 0 Å². The first-order valence-corrected chi connectivity index (χ1v) is 7.37. The van der Waals surface area contributed by atoms with Gasteiger partial charge in [-0.1, -0.05) is 20.8 Å². The average molecular weight is 278 g/mol. The third-order valence-corrected chi connectivity index (χ3v) is 3.92. The molecule has 1 amide bonds. The molecule has 1 fully saturated rings. The van der Waals surface area contributed by atoms with Crippen molar-refractivity contribution in [1.29, 1.82) is 0 Å². The van der Waals surface area contributed by atoms with Crippen molar-refractivity contribution in [1.82, 2.24) is 20.0 Å². The molecular formula is C15H26N4O. The van der Waals surface area contributed by atoms with E-state index in [0.29, 0.717) is 6.04 Å². The van der Waals surface area contributed by atoms with Gasteiger partial charge >= 0.3 is 0 Å². The van der Waals surface area contributed by atoms with Crippen LogP contribution in [0.3, 0.4) is 0 Å². The topological polar surface area (TPSA) is 50.2 Å². The van der Waals surface area contributed by atoms with E-state index >= 15 is 0 Å². The Balaban J connectivity index is 1.77. The van der Waals surface area contributed by atoms with E-state index in [9.17, 15) is 4.79 Å².